The zero-order valence-corrected chi connectivity index (χ0v) is 40.9. The number of ether oxygens (including phenoxy) is 2. The second kappa shape index (κ2) is 19.4. The van der Waals surface area contributed by atoms with Gasteiger partial charge in [0.2, 0.25) is 0 Å². The van der Waals surface area contributed by atoms with Crippen LogP contribution < -0.4 is 19.3 Å². The molecule has 0 bridgehead atoms. The highest BCUT2D eigenvalue weighted by atomic mass is 32.1. The van der Waals surface area contributed by atoms with Crippen LogP contribution in [0.2, 0.25) is 0 Å². The zero-order valence-electron chi connectivity index (χ0n) is 39.2. The molecule has 2 aromatic heterocycles. The van der Waals surface area contributed by atoms with E-state index >= 15 is 0 Å². The van der Waals surface area contributed by atoms with Crippen LogP contribution in [0.3, 0.4) is 0 Å². The summed E-state index contributed by atoms with van der Waals surface area (Å²) >= 11 is 3.30. The predicted molar refractivity (Wildman–Crippen MR) is 293 cm³/mol. The van der Waals surface area contributed by atoms with Crippen molar-refractivity contribution in [2.45, 2.75) is 27.7 Å². The molecule has 8 aromatic carbocycles. The largest absolute Gasteiger partial charge is 0.423 e. The molecule has 0 amide bonds. The fourth-order valence-electron chi connectivity index (χ4n) is 8.71. The Hall–Kier alpha value is -8.30. The lowest BCUT2D eigenvalue weighted by Crippen LogP contribution is -2.10. The number of nitrogens with zero attached hydrogens (tertiary/aromatic N) is 2. The third-order valence-corrected chi connectivity index (χ3v) is 14.4. The summed E-state index contributed by atoms with van der Waals surface area (Å²) in [7, 11) is 0. The van der Waals surface area contributed by atoms with Crippen LogP contribution >= 0.6 is 22.7 Å². The van der Waals surface area contributed by atoms with E-state index in [1.54, 1.807) is 22.7 Å². The molecule has 8 heteroatoms. The van der Waals surface area contributed by atoms with Gasteiger partial charge in [-0.2, -0.15) is 0 Å². The van der Waals surface area contributed by atoms with Crippen molar-refractivity contribution in [3.8, 4) is 43.5 Å². The summed E-state index contributed by atoms with van der Waals surface area (Å²) in [6, 6.07) is 63.7. The molecule has 10 aromatic rings. The highest BCUT2D eigenvalue weighted by molar-refractivity contribution is 7.15. The van der Waals surface area contributed by atoms with Crippen LogP contribution in [0.25, 0.3) is 53.6 Å². The van der Waals surface area contributed by atoms with Crippen LogP contribution in [-0.4, -0.2) is 11.9 Å². The number of thiophene rings is 2. The van der Waals surface area contributed by atoms with Crippen LogP contribution in [0.4, 0.5) is 34.1 Å². The first-order valence-electron chi connectivity index (χ1n) is 22.9. The fourth-order valence-corrected chi connectivity index (χ4v) is 10.5. The van der Waals surface area contributed by atoms with E-state index in [0.717, 1.165) is 97.4 Å². The van der Waals surface area contributed by atoms with Crippen molar-refractivity contribution >= 4 is 90.3 Å². The minimum absolute atomic E-state index is 0.481. The molecule has 6 nitrogen and oxygen atoms in total. The smallest absolute Gasteiger partial charge is 0.335 e. The Morgan fingerprint density at radius 1 is 0.400 bits per heavy atom. The number of hydrogen-bond acceptors (Lipinski definition) is 8. The maximum absolute atomic E-state index is 12.6. The molecule has 342 valence electrons. The SMILES string of the molecule is C=CC(=O)Oc1cc2ccc(N(c3ccc(-c4ccc(N(c5ccc(C)cc5)c5ccc(C)cc5)cc4)cc3)c3ccc4cc(OC(=O)C=C)c(-c5ccc(C)s5)cc4c3)cc2cc1-c1ccc(C)s1. The Labute approximate surface area is 416 Å². The van der Waals surface area contributed by atoms with Gasteiger partial charge in [0.1, 0.15) is 11.5 Å². The maximum atomic E-state index is 12.6. The summed E-state index contributed by atoms with van der Waals surface area (Å²) in [5.74, 6) is -0.0610. The summed E-state index contributed by atoms with van der Waals surface area (Å²) in [4.78, 5) is 34.0. The second-order valence-electron chi connectivity index (χ2n) is 17.3. The average Bonchev–Trinajstić information content (AvgIpc) is 4.02. The highest BCUT2D eigenvalue weighted by Gasteiger charge is 2.20. The Kier molecular flexibility index (Phi) is 12.6. The predicted octanol–water partition coefficient (Wildman–Crippen LogP) is 17.5. The minimum atomic E-state index is -0.512. The normalized spacial score (nSPS) is 11.1. The van der Waals surface area contributed by atoms with Gasteiger partial charge in [0.05, 0.1) is 0 Å². The molecule has 0 aliphatic heterocycles. The summed E-state index contributed by atoms with van der Waals surface area (Å²) in [6.45, 7) is 15.6. The third-order valence-electron chi connectivity index (χ3n) is 12.3. The van der Waals surface area contributed by atoms with Gasteiger partial charge in [-0.05, 0) is 182 Å². The summed E-state index contributed by atoms with van der Waals surface area (Å²) in [6.07, 6.45) is 2.37. The van der Waals surface area contributed by atoms with Gasteiger partial charge in [0, 0.05) is 76.9 Å². The first-order valence-corrected chi connectivity index (χ1v) is 24.6. The van der Waals surface area contributed by atoms with Crippen LogP contribution in [0.1, 0.15) is 20.9 Å². The van der Waals surface area contributed by atoms with Crippen molar-refractivity contribution in [1.82, 2.24) is 0 Å². The monoisotopic (exact) mass is 948 g/mol. The molecule has 0 saturated carbocycles. The lowest BCUT2D eigenvalue weighted by Gasteiger charge is -2.27. The molecular weight excluding hydrogens is 901 g/mol. The first-order chi connectivity index (χ1) is 34.0. The molecule has 0 saturated heterocycles. The van der Waals surface area contributed by atoms with Crippen LogP contribution in [0, 0.1) is 27.7 Å². The lowest BCUT2D eigenvalue weighted by atomic mass is 10.0. The van der Waals surface area contributed by atoms with Crippen LogP contribution in [0.5, 0.6) is 11.5 Å². The highest BCUT2D eigenvalue weighted by Crippen LogP contribution is 2.45. The molecule has 70 heavy (non-hydrogen) atoms. The number of hydrogen-bond donors (Lipinski definition) is 0. The van der Waals surface area contributed by atoms with Crippen molar-refractivity contribution in [1.29, 1.82) is 0 Å². The molecule has 10 rings (SSSR count). The van der Waals surface area contributed by atoms with Gasteiger partial charge in [-0.25, -0.2) is 9.59 Å². The van der Waals surface area contributed by atoms with E-state index in [2.05, 4.69) is 221 Å². The lowest BCUT2D eigenvalue weighted by molar-refractivity contribution is -0.129. The molecule has 0 atom stereocenters. The molecule has 0 aliphatic rings. The maximum Gasteiger partial charge on any atom is 0.335 e. The summed E-state index contributed by atoms with van der Waals surface area (Å²) in [5, 5.41) is 3.80. The summed E-state index contributed by atoms with van der Waals surface area (Å²) in [5.41, 5.74) is 12.4. The second-order valence-corrected chi connectivity index (χ2v) is 19.8. The van der Waals surface area contributed by atoms with E-state index in [1.165, 1.54) is 23.3 Å². The molecule has 0 aliphatic carbocycles. The van der Waals surface area contributed by atoms with E-state index in [-0.39, 0.29) is 0 Å². The van der Waals surface area contributed by atoms with E-state index in [0.29, 0.717) is 11.5 Å². The number of esters is 2. The average molecular weight is 949 g/mol. The quantitative estimate of drug-likeness (QED) is 0.0652. The van der Waals surface area contributed by atoms with Gasteiger partial charge in [-0.3, -0.25) is 0 Å². The van der Waals surface area contributed by atoms with Gasteiger partial charge in [0.15, 0.2) is 0 Å². The fraction of sp³-hybridized carbons (Fsp3) is 0.0645. The summed E-state index contributed by atoms with van der Waals surface area (Å²) < 4.78 is 11.6. The van der Waals surface area contributed by atoms with Crippen molar-refractivity contribution < 1.29 is 19.1 Å². The molecular formula is C62H48N2O4S2. The molecule has 0 spiro atoms. The standard InChI is InChI=1S/C62H48N2O4S2/c1-7-61(65)67-57-37-45-19-29-53(33-47(45)35-55(57)59-31-13-41(5)69-59)64(54-30-20-46-38-58(68-62(66)8-2)56(36-48(46)34-54)60-32-14-42(6)70-60)52-27-17-44(18-28-52)43-15-25-51(26-16-43)63(49-21-9-39(3)10-22-49)50-23-11-40(4)12-24-50/h7-38H,1-2H2,3-6H3. The molecule has 0 N–H and O–H groups in total. The molecule has 0 fully saturated rings. The van der Waals surface area contributed by atoms with Gasteiger partial charge in [-0.15, -0.1) is 22.7 Å². The Balaban J connectivity index is 1.07. The van der Waals surface area contributed by atoms with Crippen molar-refractivity contribution in [2.75, 3.05) is 9.80 Å². The number of fused-ring (bicyclic) bond motifs is 2. The number of benzene rings is 8. The van der Waals surface area contributed by atoms with Crippen molar-refractivity contribution in [2.24, 2.45) is 0 Å². The zero-order chi connectivity index (χ0) is 48.5. The third kappa shape index (κ3) is 9.43. The van der Waals surface area contributed by atoms with E-state index in [1.807, 2.05) is 12.1 Å². The number of carbonyl (C=O) groups excluding carboxylic acids is 2. The minimum Gasteiger partial charge on any atom is -0.423 e. The van der Waals surface area contributed by atoms with E-state index in [9.17, 15) is 9.59 Å². The van der Waals surface area contributed by atoms with Gasteiger partial charge in [0.25, 0.3) is 0 Å². The Bertz CT molecular complexity index is 3410. The number of anilines is 6. The molecule has 0 radical (unpaired) electrons. The Morgan fingerprint density at radius 3 is 1.09 bits per heavy atom. The van der Waals surface area contributed by atoms with Gasteiger partial charge in [-0.1, -0.05) is 84.9 Å². The van der Waals surface area contributed by atoms with Crippen LogP contribution in [-0.2, 0) is 9.59 Å². The van der Waals surface area contributed by atoms with E-state index < -0.39 is 11.9 Å². The van der Waals surface area contributed by atoms with Gasteiger partial charge < -0.3 is 19.3 Å². The molecule has 0 unspecified atom stereocenters. The van der Waals surface area contributed by atoms with E-state index in [4.69, 9.17) is 9.47 Å². The number of carbonyl (C=O) groups is 2. The number of rotatable bonds is 13. The topological polar surface area (TPSA) is 59.1 Å². The number of aryl methyl sites for hydroxylation is 4. The first kappa shape index (κ1) is 45.5. The van der Waals surface area contributed by atoms with Crippen LogP contribution in [0.15, 0.2) is 207 Å². The molecule has 2 heterocycles. The Morgan fingerprint density at radius 2 is 0.743 bits per heavy atom. The van der Waals surface area contributed by atoms with Crippen molar-refractivity contribution in [3.63, 3.8) is 0 Å². The van der Waals surface area contributed by atoms with Gasteiger partial charge >= 0.3 is 11.9 Å². The van der Waals surface area contributed by atoms with Crippen molar-refractivity contribution in [3.05, 3.63) is 228 Å².